The van der Waals surface area contributed by atoms with Crippen LogP contribution in [0, 0.1) is 6.92 Å². The molecule has 22 heavy (non-hydrogen) atoms. The molecule has 2 rings (SSSR count). The molecule has 0 spiro atoms. The molecule has 1 aromatic carbocycles. The summed E-state index contributed by atoms with van der Waals surface area (Å²) in [5.74, 6) is 0.400. The van der Waals surface area contributed by atoms with Crippen molar-refractivity contribution in [3.05, 3.63) is 29.5 Å². The topological polar surface area (TPSA) is 119 Å². The zero-order chi connectivity index (χ0) is 16.1. The first-order valence-corrected chi connectivity index (χ1v) is 7.07. The van der Waals surface area contributed by atoms with Gasteiger partial charge in [-0.1, -0.05) is 0 Å². The number of amides is 1. The minimum absolute atomic E-state index is 0.0752. The molecule has 0 unspecified atom stereocenters. The lowest BCUT2D eigenvalue weighted by molar-refractivity contribution is 0.0998. The van der Waals surface area contributed by atoms with Crippen LogP contribution >= 0.6 is 0 Å². The summed E-state index contributed by atoms with van der Waals surface area (Å²) in [6.07, 6.45) is 0.795. The molecule has 0 aliphatic carbocycles. The van der Waals surface area contributed by atoms with E-state index in [9.17, 15) is 4.79 Å². The van der Waals surface area contributed by atoms with Crippen molar-refractivity contribution in [2.45, 2.75) is 13.3 Å². The normalized spacial score (nSPS) is 11.7. The first-order valence-electron chi connectivity index (χ1n) is 7.07. The van der Waals surface area contributed by atoms with E-state index < -0.39 is 5.91 Å². The Hall–Kier alpha value is -2.54. The fourth-order valence-electron chi connectivity index (χ4n) is 2.08. The maximum atomic E-state index is 12.0. The van der Waals surface area contributed by atoms with E-state index >= 15 is 0 Å². The molecule has 7 nitrogen and oxygen atoms in total. The average Bonchev–Trinajstić information content (AvgIpc) is 2.92. The van der Waals surface area contributed by atoms with Crippen molar-refractivity contribution >= 4 is 22.8 Å². The van der Waals surface area contributed by atoms with Crippen LogP contribution in [0.5, 0.6) is 5.75 Å². The number of nitrogens with two attached hydrogens (primary N) is 2. The van der Waals surface area contributed by atoms with Gasteiger partial charge in [0.25, 0.3) is 5.91 Å². The summed E-state index contributed by atoms with van der Waals surface area (Å²) in [4.78, 5) is 18.8. The first-order chi connectivity index (χ1) is 10.5. The van der Waals surface area contributed by atoms with Gasteiger partial charge in [0, 0.05) is 24.0 Å². The van der Waals surface area contributed by atoms with Crippen LogP contribution in [0.2, 0.25) is 0 Å². The number of rotatable bonds is 5. The van der Waals surface area contributed by atoms with Crippen LogP contribution in [0.1, 0.15) is 22.5 Å². The van der Waals surface area contributed by atoms with E-state index in [1.807, 2.05) is 19.1 Å². The molecule has 0 aliphatic heterocycles. The molecule has 7 heteroatoms. The molecule has 118 valence electrons. The van der Waals surface area contributed by atoms with Gasteiger partial charge in [0.1, 0.15) is 11.4 Å². The third kappa shape index (κ3) is 3.56. The molecule has 0 saturated carbocycles. The monoisotopic (exact) mass is 303 g/mol. The van der Waals surface area contributed by atoms with Crippen LogP contribution < -0.4 is 21.5 Å². The third-order valence-electron chi connectivity index (χ3n) is 3.24. The number of hydrogen-bond acceptors (Lipinski definition) is 3. The predicted octanol–water partition coefficient (Wildman–Crippen LogP) is 0.878. The van der Waals surface area contributed by atoms with Crippen LogP contribution in [-0.2, 0) is 0 Å². The number of ether oxygens (including phenoxy) is 1. The number of hydrogen-bond donors (Lipinski definition) is 4. The Morgan fingerprint density at radius 1 is 1.41 bits per heavy atom. The van der Waals surface area contributed by atoms with Gasteiger partial charge in [0.05, 0.1) is 6.61 Å². The highest BCUT2D eigenvalue weighted by Crippen LogP contribution is 2.26. The second kappa shape index (κ2) is 6.95. The van der Waals surface area contributed by atoms with Crippen molar-refractivity contribution in [2.24, 2.45) is 16.5 Å². The minimum atomic E-state index is -0.423. The average molecular weight is 303 g/mol. The molecule has 2 aromatic rings. The molecule has 0 radical (unpaired) electrons. The lowest BCUT2D eigenvalue weighted by atomic mass is 10.1. The van der Waals surface area contributed by atoms with Gasteiger partial charge in [-0.25, -0.2) is 0 Å². The molecule has 0 atom stereocenters. The number of aliphatic imine (C=N–C) groups is 1. The number of H-pyrrole nitrogens is 1. The summed E-state index contributed by atoms with van der Waals surface area (Å²) in [5.41, 5.74) is 13.2. The number of carbonyl (C=O) groups is 1. The van der Waals surface area contributed by atoms with Crippen LogP contribution in [0.3, 0.4) is 0 Å². The summed E-state index contributed by atoms with van der Waals surface area (Å²) < 4.78 is 5.64. The van der Waals surface area contributed by atoms with Crippen LogP contribution in [-0.4, -0.2) is 37.1 Å². The number of guanidine groups is 1. The number of aromatic amines is 1. The minimum Gasteiger partial charge on any atom is -0.493 e. The molecule has 6 N–H and O–H groups in total. The Bertz CT molecular complexity index is 705. The van der Waals surface area contributed by atoms with Crippen LogP contribution in [0.4, 0.5) is 0 Å². The van der Waals surface area contributed by atoms with Gasteiger partial charge in [0.2, 0.25) is 0 Å². The number of benzene rings is 1. The Kier molecular flexibility index (Phi) is 5.00. The van der Waals surface area contributed by atoms with Gasteiger partial charge in [-0.15, -0.1) is 0 Å². The van der Waals surface area contributed by atoms with E-state index in [4.69, 9.17) is 16.2 Å². The van der Waals surface area contributed by atoms with E-state index in [-0.39, 0.29) is 5.96 Å². The quantitative estimate of drug-likeness (QED) is 0.371. The third-order valence-corrected chi connectivity index (χ3v) is 3.24. The second-order valence-electron chi connectivity index (χ2n) is 4.93. The highest BCUT2D eigenvalue weighted by molar-refractivity contribution is 6.04. The molecular weight excluding hydrogens is 282 g/mol. The molecular formula is C15H21N5O2. The number of carbonyl (C=O) groups excluding carboxylic acids is 1. The largest absolute Gasteiger partial charge is 0.493 e. The first kappa shape index (κ1) is 15.8. The van der Waals surface area contributed by atoms with Gasteiger partial charge in [-0.3, -0.25) is 4.79 Å². The van der Waals surface area contributed by atoms with E-state index in [2.05, 4.69) is 15.3 Å². The van der Waals surface area contributed by atoms with Gasteiger partial charge in [-0.05, 0) is 37.6 Å². The Balaban J connectivity index is 2.29. The number of fused-ring (bicyclic) bond motifs is 1. The summed E-state index contributed by atoms with van der Waals surface area (Å²) in [7, 11) is 1.60. The lowest BCUT2D eigenvalue weighted by Gasteiger charge is -2.06. The van der Waals surface area contributed by atoms with E-state index in [1.165, 1.54) is 0 Å². The molecule has 0 saturated heterocycles. The van der Waals surface area contributed by atoms with Crippen molar-refractivity contribution < 1.29 is 9.53 Å². The Morgan fingerprint density at radius 3 is 2.86 bits per heavy atom. The summed E-state index contributed by atoms with van der Waals surface area (Å²) in [6, 6.07) is 5.57. The molecule has 1 heterocycles. The molecule has 1 aromatic heterocycles. The SMILES string of the molecule is CNC(N)=NC(=O)c1cc2c(C)cc(OCCCN)cc2[nH]1. The van der Waals surface area contributed by atoms with Crippen molar-refractivity contribution in [1.82, 2.24) is 10.3 Å². The molecule has 0 bridgehead atoms. The lowest BCUT2D eigenvalue weighted by Crippen LogP contribution is -2.28. The van der Waals surface area contributed by atoms with E-state index in [1.54, 1.807) is 13.1 Å². The molecule has 0 fully saturated rings. The van der Waals surface area contributed by atoms with Gasteiger partial charge >= 0.3 is 0 Å². The summed E-state index contributed by atoms with van der Waals surface area (Å²) in [6.45, 7) is 3.12. The zero-order valence-electron chi connectivity index (χ0n) is 12.8. The highest BCUT2D eigenvalue weighted by Gasteiger charge is 2.12. The predicted molar refractivity (Wildman–Crippen MR) is 87.2 cm³/mol. The highest BCUT2D eigenvalue weighted by atomic mass is 16.5. The van der Waals surface area contributed by atoms with E-state index in [0.717, 1.165) is 28.6 Å². The Morgan fingerprint density at radius 2 is 2.18 bits per heavy atom. The van der Waals surface area contributed by atoms with Crippen LogP contribution in [0.15, 0.2) is 23.2 Å². The van der Waals surface area contributed by atoms with Gasteiger partial charge < -0.3 is 26.5 Å². The zero-order valence-corrected chi connectivity index (χ0v) is 12.8. The standard InChI is InChI=1S/C15H21N5O2/c1-9-6-10(22-5-3-4-16)7-12-11(9)8-13(19-12)14(21)20-15(17)18-2/h6-8,19H,3-5,16H2,1-2H3,(H3,17,18,20,21). The van der Waals surface area contributed by atoms with Crippen molar-refractivity contribution in [1.29, 1.82) is 0 Å². The number of nitrogens with zero attached hydrogens (tertiary/aromatic N) is 1. The number of nitrogens with one attached hydrogen (secondary N) is 2. The maximum Gasteiger partial charge on any atom is 0.296 e. The smallest absolute Gasteiger partial charge is 0.296 e. The molecule has 0 aliphatic rings. The number of aromatic nitrogens is 1. The van der Waals surface area contributed by atoms with Crippen molar-refractivity contribution in [3.8, 4) is 5.75 Å². The Labute approximate surface area is 128 Å². The van der Waals surface area contributed by atoms with Crippen LogP contribution in [0.25, 0.3) is 10.9 Å². The van der Waals surface area contributed by atoms with E-state index in [0.29, 0.717) is 18.8 Å². The van der Waals surface area contributed by atoms with Crippen molar-refractivity contribution in [3.63, 3.8) is 0 Å². The van der Waals surface area contributed by atoms with Gasteiger partial charge in [-0.2, -0.15) is 4.99 Å². The summed E-state index contributed by atoms with van der Waals surface area (Å²) in [5, 5.41) is 3.56. The number of aryl methyl sites for hydroxylation is 1. The maximum absolute atomic E-state index is 12.0. The fourth-order valence-corrected chi connectivity index (χ4v) is 2.08. The second-order valence-corrected chi connectivity index (χ2v) is 4.93. The van der Waals surface area contributed by atoms with Gasteiger partial charge in [0.15, 0.2) is 5.96 Å². The van der Waals surface area contributed by atoms with Crippen molar-refractivity contribution in [2.75, 3.05) is 20.2 Å². The fraction of sp³-hybridized carbons (Fsp3) is 0.333. The molecule has 1 amide bonds. The summed E-state index contributed by atoms with van der Waals surface area (Å²) >= 11 is 0.